The van der Waals surface area contributed by atoms with Crippen molar-refractivity contribution in [1.82, 2.24) is 19.6 Å². The summed E-state index contributed by atoms with van der Waals surface area (Å²) in [6, 6.07) is 16.5. The number of hydrogen-bond acceptors (Lipinski definition) is 4. The van der Waals surface area contributed by atoms with Gasteiger partial charge in [0.1, 0.15) is 5.82 Å². The highest BCUT2D eigenvalue weighted by Crippen LogP contribution is 2.27. The predicted molar refractivity (Wildman–Crippen MR) is 110 cm³/mol. The van der Waals surface area contributed by atoms with Gasteiger partial charge in [-0.05, 0) is 50.5 Å². The molecule has 4 aromatic rings. The molecule has 5 heteroatoms. The number of fused-ring (bicyclic) bond motifs is 1. The first kappa shape index (κ1) is 17.2. The van der Waals surface area contributed by atoms with E-state index in [1.54, 1.807) is 0 Å². The highest BCUT2D eigenvalue weighted by molar-refractivity contribution is 5.66. The molecular formula is C22H23N5. The van der Waals surface area contributed by atoms with Gasteiger partial charge in [0.15, 0.2) is 5.82 Å². The van der Waals surface area contributed by atoms with Crippen LogP contribution in [0.2, 0.25) is 0 Å². The van der Waals surface area contributed by atoms with Crippen molar-refractivity contribution in [3.8, 4) is 11.4 Å². The highest BCUT2D eigenvalue weighted by Gasteiger charge is 2.16. The Bertz CT molecular complexity index is 1090. The minimum Gasteiger partial charge on any atom is -0.340 e. The van der Waals surface area contributed by atoms with Crippen LogP contribution in [0.5, 0.6) is 0 Å². The van der Waals surface area contributed by atoms with E-state index < -0.39 is 0 Å². The molecule has 0 saturated carbocycles. The van der Waals surface area contributed by atoms with Gasteiger partial charge in [-0.3, -0.25) is 0 Å². The Morgan fingerprint density at radius 1 is 0.926 bits per heavy atom. The fraction of sp³-hybridized carbons (Fsp3) is 0.227. The molecule has 27 heavy (non-hydrogen) atoms. The Kier molecular flexibility index (Phi) is 4.36. The average molecular weight is 357 g/mol. The average Bonchev–Trinajstić information content (AvgIpc) is 3.05. The number of anilines is 2. The fourth-order valence-electron chi connectivity index (χ4n) is 3.49. The second-order valence-electron chi connectivity index (χ2n) is 6.89. The molecule has 0 bridgehead atoms. The zero-order valence-corrected chi connectivity index (χ0v) is 16.1. The van der Waals surface area contributed by atoms with Crippen molar-refractivity contribution in [1.29, 1.82) is 0 Å². The van der Waals surface area contributed by atoms with Crippen molar-refractivity contribution in [2.45, 2.75) is 34.1 Å². The molecule has 0 aliphatic carbocycles. The third-order valence-corrected chi connectivity index (χ3v) is 4.66. The Hall–Kier alpha value is -3.21. The lowest BCUT2D eigenvalue weighted by atomic mass is 10.1. The summed E-state index contributed by atoms with van der Waals surface area (Å²) in [4.78, 5) is 9.34. The molecule has 2 aromatic carbocycles. The van der Waals surface area contributed by atoms with E-state index in [2.05, 4.69) is 54.3 Å². The summed E-state index contributed by atoms with van der Waals surface area (Å²) in [7, 11) is 0. The lowest BCUT2D eigenvalue weighted by molar-refractivity contribution is 0.905. The zero-order valence-electron chi connectivity index (χ0n) is 16.1. The molecule has 0 atom stereocenters. The molecule has 2 heterocycles. The Labute approximate surface area is 159 Å². The van der Waals surface area contributed by atoms with Crippen molar-refractivity contribution < 1.29 is 0 Å². The van der Waals surface area contributed by atoms with E-state index in [1.807, 2.05) is 41.8 Å². The van der Waals surface area contributed by atoms with E-state index in [4.69, 9.17) is 5.10 Å². The van der Waals surface area contributed by atoms with E-state index in [9.17, 15) is 0 Å². The Morgan fingerprint density at radius 2 is 1.63 bits per heavy atom. The maximum Gasteiger partial charge on any atom is 0.254 e. The van der Waals surface area contributed by atoms with E-state index in [0.29, 0.717) is 11.6 Å². The molecule has 0 amide bonds. The highest BCUT2D eigenvalue weighted by atomic mass is 15.4. The summed E-state index contributed by atoms with van der Waals surface area (Å²) < 4.78 is 1.83. The van der Waals surface area contributed by atoms with Crippen LogP contribution >= 0.6 is 0 Å². The lowest BCUT2D eigenvalue weighted by Crippen LogP contribution is -2.08. The van der Waals surface area contributed by atoms with Crippen LogP contribution < -0.4 is 5.32 Å². The van der Waals surface area contributed by atoms with Gasteiger partial charge in [-0.25, -0.2) is 4.98 Å². The number of aromatic nitrogens is 4. The summed E-state index contributed by atoms with van der Waals surface area (Å²) in [6.45, 7) is 8.38. The standard InChI is InChI=1S/C22H23N5/c1-5-19-16(4)23-22-25-20(17-9-7-6-8-10-17)26-27(22)21(19)24-18-12-14(2)11-15(3)13-18/h6-13,24H,5H2,1-4H3. The van der Waals surface area contributed by atoms with Gasteiger partial charge in [-0.2, -0.15) is 9.50 Å². The molecule has 1 N–H and O–H groups in total. The van der Waals surface area contributed by atoms with Crippen molar-refractivity contribution in [3.63, 3.8) is 0 Å². The largest absolute Gasteiger partial charge is 0.340 e. The maximum atomic E-state index is 4.75. The van der Waals surface area contributed by atoms with E-state index in [0.717, 1.165) is 34.7 Å². The van der Waals surface area contributed by atoms with Gasteiger partial charge < -0.3 is 5.32 Å². The number of nitrogens with zero attached hydrogens (tertiary/aromatic N) is 4. The van der Waals surface area contributed by atoms with Gasteiger partial charge in [-0.15, -0.1) is 5.10 Å². The molecule has 0 fully saturated rings. The fourth-order valence-corrected chi connectivity index (χ4v) is 3.49. The topological polar surface area (TPSA) is 55.1 Å². The molecule has 4 rings (SSSR count). The smallest absolute Gasteiger partial charge is 0.254 e. The van der Waals surface area contributed by atoms with Crippen LogP contribution in [0.4, 0.5) is 11.5 Å². The van der Waals surface area contributed by atoms with Crippen LogP contribution in [0.15, 0.2) is 48.5 Å². The number of nitrogens with one attached hydrogen (secondary N) is 1. The van der Waals surface area contributed by atoms with Crippen LogP contribution in [0.3, 0.4) is 0 Å². The first-order valence-electron chi connectivity index (χ1n) is 9.22. The molecular weight excluding hydrogens is 334 g/mol. The molecule has 0 aliphatic rings. The molecule has 0 spiro atoms. The summed E-state index contributed by atoms with van der Waals surface area (Å²) in [5.41, 5.74) is 6.60. The monoisotopic (exact) mass is 357 g/mol. The van der Waals surface area contributed by atoms with Gasteiger partial charge in [0.25, 0.3) is 5.78 Å². The number of benzene rings is 2. The second kappa shape index (κ2) is 6.83. The molecule has 0 saturated heterocycles. The van der Waals surface area contributed by atoms with Gasteiger partial charge in [0, 0.05) is 22.5 Å². The van der Waals surface area contributed by atoms with Crippen molar-refractivity contribution in [2.24, 2.45) is 0 Å². The third-order valence-electron chi connectivity index (χ3n) is 4.66. The molecule has 136 valence electrons. The second-order valence-corrected chi connectivity index (χ2v) is 6.89. The minimum atomic E-state index is 0.607. The van der Waals surface area contributed by atoms with Crippen LogP contribution in [0.25, 0.3) is 17.2 Å². The van der Waals surface area contributed by atoms with Crippen molar-refractivity contribution >= 4 is 17.3 Å². The first-order valence-corrected chi connectivity index (χ1v) is 9.22. The quantitative estimate of drug-likeness (QED) is 0.557. The summed E-state index contributed by atoms with van der Waals surface area (Å²) >= 11 is 0. The summed E-state index contributed by atoms with van der Waals surface area (Å²) in [5, 5.41) is 8.33. The summed E-state index contributed by atoms with van der Waals surface area (Å²) in [6.07, 6.45) is 0.864. The molecule has 2 aromatic heterocycles. The normalized spacial score (nSPS) is 11.1. The molecule has 5 nitrogen and oxygen atoms in total. The van der Waals surface area contributed by atoms with Crippen molar-refractivity contribution in [3.05, 3.63) is 70.9 Å². The van der Waals surface area contributed by atoms with Gasteiger partial charge in [-0.1, -0.05) is 43.3 Å². The predicted octanol–water partition coefficient (Wildman–Crippen LogP) is 5.02. The molecule has 0 unspecified atom stereocenters. The number of aryl methyl sites for hydroxylation is 3. The first-order chi connectivity index (χ1) is 13.0. The number of rotatable bonds is 4. The lowest BCUT2D eigenvalue weighted by Gasteiger charge is -2.15. The van der Waals surface area contributed by atoms with Gasteiger partial charge in [0.05, 0.1) is 0 Å². The van der Waals surface area contributed by atoms with Crippen molar-refractivity contribution in [2.75, 3.05) is 5.32 Å². The van der Waals surface area contributed by atoms with Crippen LogP contribution in [-0.4, -0.2) is 19.6 Å². The van der Waals surface area contributed by atoms with Gasteiger partial charge >= 0.3 is 0 Å². The van der Waals surface area contributed by atoms with Gasteiger partial charge in [0.2, 0.25) is 0 Å². The van der Waals surface area contributed by atoms with E-state index in [-0.39, 0.29) is 0 Å². The van der Waals surface area contributed by atoms with Crippen LogP contribution in [0, 0.1) is 20.8 Å². The Balaban J connectivity index is 1.90. The summed E-state index contributed by atoms with van der Waals surface area (Å²) in [5.74, 6) is 2.22. The van der Waals surface area contributed by atoms with E-state index >= 15 is 0 Å². The number of hydrogen-bond donors (Lipinski definition) is 1. The van der Waals surface area contributed by atoms with Crippen LogP contribution in [-0.2, 0) is 6.42 Å². The molecule has 0 aliphatic heterocycles. The molecule has 0 radical (unpaired) electrons. The van der Waals surface area contributed by atoms with Crippen LogP contribution in [0.1, 0.15) is 29.3 Å². The Morgan fingerprint density at radius 3 is 2.30 bits per heavy atom. The van der Waals surface area contributed by atoms with E-state index in [1.165, 1.54) is 11.1 Å². The SMILES string of the molecule is CCc1c(C)nc2nc(-c3ccccc3)nn2c1Nc1cc(C)cc(C)c1. The maximum absolute atomic E-state index is 4.75. The zero-order chi connectivity index (χ0) is 19.0. The minimum absolute atomic E-state index is 0.607. The third kappa shape index (κ3) is 3.28.